The van der Waals surface area contributed by atoms with E-state index in [2.05, 4.69) is 10.2 Å². The Bertz CT molecular complexity index is 262. The molecule has 0 aromatic carbocycles. The Labute approximate surface area is 78.9 Å². The summed E-state index contributed by atoms with van der Waals surface area (Å²) < 4.78 is 7.56. The van der Waals surface area contributed by atoms with Gasteiger partial charge in [0, 0.05) is 6.54 Å². The highest BCUT2D eigenvalue weighted by molar-refractivity contribution is 4.79. The normalized spacial score (nSPS) is 12.0. The van der Waals surface area contributed by atoms with Crippen LogP contribution in [0.1, 0.15) is 26.6 Å². The van der Waals surface area contributed by atoms with Gasteiger partial charge >= 0.3 is 0 Å². The smallest absolute Gasteiger partial charge is 0.129 e. The van der Waals surface area contributed by atoms with Crippen molar-refractivity contribution in [2.75, 3.05) is 6.61 Å². The molecule has 0 amide bonds. The fourth-order valence-electron chi connectivity index (χ4n) is 0.982. The Morgan fingerprint density at radius 1 is 1.46 bits per heavy atom. The standard InChI is InChI=1S/C9H17N3O/c1-8-11-10-7-12(8)5-6-13-9(2,3)4/h7H,5-6H2,1-4H3. The maximum Gasteiger partial charge on any atom is 0.129 e. The van der Waals surface area contributed by atoms with Gasteiger partial charge in [-0.2, -0.15) is 0 Å². The number of hydrogen-bond donors (Lipinski definition) is 0. The molecule has 0 aliphatic heterocycles. The molecule has 4 heteroatoms. The first kappa shape index (κ1) is 10.2. The zero-order valence-corrected chi connectivity index (χ0v) is 8.74. The van der Waals surface area contributed by atoms with Crippen LogP contribution in [0.25, 0.3) is 0 Å². The summed E-state index contributed by atoms with van der Waals surface area (Å²) >= 11 is 0. The summed E-state index contributed by atoms with van der Waals surface area (Å²) in [4.78, 5) is 0. The third-order valence-electron chi connectivity index (χ3n) is 1.68. The molecule has 4 nitrogen and oxygen atoms in total. The second-order valence-corrected chi connectivity index (χ2v) is 4.03. The van der Waals surface area contributed by atoms with E-state index in [9.17, 15) is 0 Å². The average Bonchev–Trinajstić information content (AvgIpc) is 2.34. The predicted molar refractivity (Wildman–Crippen MR) is 50.5 cm³/mol. The van der Waals surface area contributed by atoms with Crippen molar-refractivity contribution in [2.24, 2.45) is 0 Å². The van der Waals surface area contributed by atoms with Crippen LogP contribution < -0.4 is 0 Å². The molecule has 13 heavy (non-hydrogen) atoms. The molecule has 74 valence electrons. The Morgan fingerprint density at radius 2 is 2.15 bits per heavy atom. The monoisotopic (exact) mass is 183 g/mol. The minimum Gasteiger partial charge on any atom is -0.374 e. The van der Waals surface area contributed by atoms with Gasteiger partial charge in [-0.3, -0.25) is 0 Å². The van der Waals surface area contributed by atoms with Crippen molar-refractivity contribution < 1.29 is 4.74 Å². The van der Waals surface area contributed by atoms with E-state index in [1.807, 2.05) is 32.3 Å². The molecule has 0 unspecified atom stereocenters. The maximum atomic E-state index is 5.58. The number of nitrogens with zero attached hydrogens (tertiary/aromatic N) is 3. The van der Waals surface area contributed by atoms with Gasteiger partial charge in [0.05, 0.1) is 12.2 Å². The summed E-state index contributed by atoms with van der Waals surface area (Å²) in [6.45, 7) is 9.59. The summed E-state index contributed by atoms with van der Waals surface area (Å²) in [7, 11) is 0. The molecule has 0 aliphatic carbocycles. The first-order valence-corrected chi connectivity index (χ1v) is 4.47. The summed E-state index contributed by atoms with van der Waals surface area (Å²) in [5, 5.41) is 7.68. The summed E-state index contributed by atoms with van der Waals surface area (Å²) in [6.07, 6.45) is 1.72. The molecule has 0 saturated carbocycles. The highest BCUT2D eigenvalue weighted by atomic mass is 16.5. The van der Waals surface area contributed by atoms with Crippen LogP contribution in [0.2, 0.25) is 0 Å². The summed E-state index contributed by atoms with van der Waals surface area (Å²) in [6, 6.07) is 0. The summed E-state index contributed by atoms with van der Waals surface area (Å²) in [5.41, 5.74) is -0.0675. The lowest BCUT2D eigenvalue weighted by molar-refractivity contribution is -0.00703. The van der Waals surface area contributed by atoms with Crippen molar-refractivity contribution in [3.05, 3.63) is 12.2 Å². The molecule has 0 N–H and O–H groups in total. The SMILES string of the molecule is Cc1nncn1CCOC(C)(C)C. The molecule has 0 bridgehead atoms. The van der Waals surface area contributed by atoms with Crippen LogP contribution in [-0.2, 0) is 11.3 Å². The Hall–Kier alpha value is -0.900. The fraction of sp³-hybridized carbons (Fsp3) is 0.778. The van der Waals surface area contributed by atoms with Crippen LogP contribution in [-0.4, -0.2) is 27.0 Å². The highest BCUT2D eigenvalue weighted by Gasteiger charge is 2.09. The minimum atomic E-state index is -0.0675. The minimum absolute atomic E-state index is 0.0675. The van der Waals surface area contributed by atoms with E-state index in [4.69, 9.17) is 4.74 Å². The lowest BCUT2D eigenvalue weighted by Gasteiger charge is -2.19. The average molecular weight is 183 g/mol. The number of aryl methyl sites for hydroxylation is 1. The molecule has 1 rings (SSSR count). The zero-order valence-electron chi connectivity index (χ0n) is 8.74. The number of hydrogen-bond acceptors (Lipinski definition) is 3. The van der Waals surface area contributed by atoms with Crippen molar-refractivity contribution in [1.82, 2.24) is 14.8 Å². The molecular weight excluding hydrogens is 166 g/mol. The van der Waals surface area contributed by atoms with Gasteiger partial charge in [0.25, 0.3) is 0 Å². The molecule has 0 spiro atoms. The van der Waals surface area contributed by atoms with Gasteiger partial charge in [0.1, 0.15) is 12.2 Å². The van der Waals surface area contributed by atoms with E-state index in [1.54, 1.807) is 6.33 Å². The van der Waals surface area contributed by atoms with E-state index in [-0.39, 0.29) is 5.60 Å². The molecule has 0 saturated heterocycles. The van der Waals surface area contributed by atoms with Crippen LogP contribution >= 0.6 is 0 Å². The van der Waals surface area contributed by atoms with E-state index in [1.165, 1.54) is 0 Å². The number of rotatable bonds is 3. The Balaban J connectivity index is 2.32. The van der Waals surface area contributed by atoms with Gasteiger partial charge in [-0.25, -0.2) is 0 Å². The van der Waals surface area contributed by atoms with Gasteiger partial charge in [-0.15, -0.1) is 10.2 Å². The second kappa shape index (κ2) is 3.87. The van der Waals surface area contributed by atoms with Crippen LogP contribution in [0.3, 0.4) is 0 Å². The van der Waals surface area contributed by atoms with Gasteiger partial charge in [0.15, 0.2) is 0 Å². The fourth-order valence-corrected chi connectivity index (χ4v) is 0.982. The van der Waals surface area contributed by atoms with E-state index >= 15 is 0 Å². The van der Waals surface area contributed by atoms with Crippen molar-refractivity contribution in [3.63, 3.8) is 0 Å². The molecule has 0 atom stereocenters. The van der Waals surface area contributed by atoms with Gasteiger partial charge in [-0.05, 0) is 27.7 Å². The molecule has 1 heterocycles. The van der Waals surface area contributed by atoms with Crippen LogP contribution in [0.5, 0.6) is 0 Å². The molecule has 0 radical (unpaired) electrons. The van der Waals surface area contributed by atoms with Crippen molar-refractivity contribution in [3.8, 4) is 0 Å². The lowest BCUT2D eigenvalue weighted by atomic mass is 10.2. The number of aromatic nitrogens is 3. The van der Waals surface area contributed by atoms with Crippen molar-refractivity contribution in [2.45, 2.75) is 39.8 Å². The first-order valence-electron chi connectivity index (χ1n) is 4.47. The van der Waals surface area contributed by atoms with Crippen LogP contribution in [0, 0.1) is 6.92 Å². The summed E-state index contributed by atoms with van der Waals surface area (Å²) in [5.74, 6) is 0.928. The van der Waals surface area contributed by atoms with Crippen LogP contribution in [0.4, 0.5) is 0 Å². The molecular formula is C9H17N3O. The van der Waals surface area contributed by atoms with E-state index < -0.39 is 0 Å². The quantitative estimate of drug-likeness (QED) is 0.711. The Morgan fingerprint density at radius 3 is 2.62 bits per heavy atom. The van der Waals surface area contributed by atoms with Gasteiger partial charge < -0.3 is 9.30 Å². The third kappa shape index (κ3) is 3.55. The lowest BCUT2D eigenvalue weighted by Crippen LogP contribution is -2.22. The van der Waals surface area contributed by atoms with E-state index in [0.717, 1.165) is 12.4 Å². The maximum absolute atomic E-state index is 5.58. The highest BCUT2D eigenvalue weighted by Crippen LogP contribution is 2.06. The first-order chi connectivity index (χ1) is 5.99. The van der Waals surface area contributed by atoms with E-state index in [0.29, 0.717) is 6.61 Å². The van der Waals surface area contributed by atoms with Crippen molar-refractivity contribution >= 4 is 0 Å². The molecule has 0 fully saturated rings. The largest absolute Gasteiger partial charge is 0.374 e. The third-order valence-corrected chi connectivity index (χ3v) is 1.68. The number of ether oxygens (including phenoxy) is 1. The predicted octanol–water partition coefficient (Wildman–Crippen LogP) is 1.40. The molecule has 0 aliphatic rings. The van der Waals surface area contributed by atoms with Crippen molar-refractivity contribution in [1.29, 1.82) is 0 Å². The zero-order chi connectivity index (χ0) is 9.90. The molecule has 1 aromatic heterocycles. The second-order valence-electron chi connectivity index (χ2n) is 4.03. The Kier molecular flexibility index (Phi) is 3.03. The van der Waals surface area contributed by atoms with Crippen LogP contribution in [0.15, 0.2) is 6.33 Å². The van der Waals surface area contributed by atoms with Gasteiger partial charge in [0.2, 0.25) is 0 Å². The topological polar surface area (TPSA) is 39.9 Å². The molecule has 1 aromatic rings. The van der Waals surface area contributed by atoms with Gasteiger partial charge in [-0.1, -0.05) is 0 Å².